The summed E-state index contributed by atoms with van der Waals surface area (Å²) in [5.74, 6) is -1.21. The lowest BCUT2D eigenvalue weighted by atomic mass is 10.1. The highest BCUT2D eigenvalue weighted by Crippen LogP contribution is 2.03. The molecule has 15 heavy (non-hydrogen) atoms. The predicted molar refractivity (Wildman–Crippen MR) is 56.2 cm³/mol. The van der Waals surface area contributed by atoms with Crippen LogP contribution in [0.5, 0.6) is 0 Å². The number of allylic oxidation sites excluding steroid dienone is 1. The number of rotatable bonds is 6. The molecular formula is C9H16FN3O2. The SMILES string of the molecule is CC(N)=NC/C(F)=C/CC[C@@H](N)C(=O)O. The fourth-order valence-electron chi connectivity index (χ4n) is 0.808. The maximum Gasteiger partial charge on any atom is 0.320 e. The maximum atomic E-state index is 12.9. The summed E-state index contributed by atoms with van der Waals surface area (Å²) in [6.07, 6.45) is 1.75. The third-order valence-electron chi connectivity index (χ3n) is 1.64. The van der Waals surface area contributed by atoms with Crippen LogP contribution in [0.25, 0.3) is 0 Å². The fourth-order valence-corrected chi connectivity index (χ4v) is 0.808. The molecule has 0 aromatic rings. The lowest BCUT2D eigenvalue weighted by Crippen LogP contribution is -2.29. The van der Waals surface area contributed by atoms with Crippen LogP contribution in [0.4, 0.5) is 4.39 Å². The minimum Gasteiger partial charge on any atom is -0.480 e. The van der Waals surface area contributed by atoms with Gasteiger partial charge < -0.3 is 16.6 Å². The van der Waals surface area contributed by atoms with Crippen LogP contribution >= 0.6 is 0 Å². The number of aliphatic imine (C=N–C) groups is 1. The number of hydrogen-bond donors (Lipinski definition) is 3. The van der Waals surface area contributed by atoms with Crippen LogP contribution in [-0.2, 0) is 4.79 Å². The molecule has 0 aliphatic rings. The number of nitrogens with two attached hydrogens (primary N) is 2. The number of halogens is 1. The Balaban J connectivity index is 3.86. The zero-order valence-electron chi connectivity index (χ0n) is 8.61. The summed E-state index contributed by atoms with van der Waals surface area (Å²) in [6, 6.07) is -0.950. The summed E-state index contributed by atoms with van der Waals surface area (Å²) in [5, 5.41) is 8.45. The first-order chi connectivity index (χ1) is 6.93. The van der Waals surface area contributed by atoms with Crippen molar-refractivity contribution in [3.8, 4) is 0 Å². The van der Waals surface area contributed by atoms with Gasteiger partial charge in [0.25, 0.3) is 0 Å². The Kier molecular flexibility index (Phi) is 6.28. The predicted octanol–water partition coefficient (Wildman–Crippen LogP) is 0.409. The molecule has 1 atom stereocenters. The molecule has 0 saturated heterocycles. The Morgan fingerprint density at radius 2 is 2.27 bits per heavy atom. The highest BCUT2D eigenvalue weighted by molar-refractivity contribution is 5.77. The first-order valence-corrected chi connectivity index (χ1v) is 4.53. The lowest BCUT2D eigenvalue weighted by molar-refractivity contribution is -0.138. The van der Waals surface area contributed by atoms with Gasteiger partial charge in [-0.1, -0.05) is 6.08 Å². The number of amidine groups is 1. The Morgan fingerprint density at radius 3 is 2.73 bits per heavy atom. The van der Waals surface area contributed by atoms with E-state index in [4.69, 9.17) is 16.6 Å². The Labute approximate surface area is 87.7 Å². The largest absolute Gasteiger partial charge is 0.480 e. The minimum atomic E-state index is -1.08. The Morgan fingerprint density at radius 1 is 1.67 bits per heavy atom. The zero-order chi connectivity index (χ0) is 11.8. The molecule has 0 unspecified atom stereocenters. The first-order valence-electron chi connectivity index (χ1n) is 4.53. The van der Waals surface area contributed by atoms with Crippen LogP contribution in [0.1, 0.15) is 19.8 Å². The third-order valence-corrected chi connectivity index (χ3v) is 1.64. The van der Waals surface area contributed by atoms with E-state index in [2.05, 4.69) is 4.99 Å². The van der Waals surface area contributed by atoms with Crippen LogP contribution in [0.2, 0.25) is 0 Å². The molecule has 6 heteroatoms. The van der Waals surface area contributed by atoms with Gasteiger partial charge in [-0.05, 0) is 19.8 Å². The van der Waals surface area contributed by atoms with E-state index in [9.17, 15) is 9.18 Å². The molecule has 86 valence electrons. The van der Waals surface area contributed by atoms with Crippen molar-refractivity contribution in [2.24, 2.45) is 16.5 Å². The standard InChI is InChI=1S/C9H16FN3O2/c1-6(11)13-5-7(10)3-2-4-8(12)9(14)15/h3,8H,2,4-5,12H2,1H3,(H2,11,13)(H,14,15)/b7-3-/t8-/m1/s1. The van der Waals surface area contributed by atoms with Gasteiger partial charge in [-0.15, -0.1) is 0 Å². The van der Waals surface area contributed by atoms with Gasteiger partial charge in [0, 0.05) is 0 Å². The number of hydrogen-bond acceptors (Lipinski definition) is 3. The van der Waals surface area contributed by atoms with Crippen LogP contribution in [0.3, 0.4) is 0 Å². The number of nitrogens with zero attached hydrogens (tertiary/aromatic N) is 1. The summed E-state index contributed by atoms with van der Waals surface area (Å²) in [4.78, 5) is 14.0. The summed E-state index contributed by atoms with van der Waals surface area (Å²) >= 11 is 0. The van der Waals surface area contributed by atoms with Crippen molar-refractivity contribution in [1.29, 1.82) is 0 Å². The van der Waals surface area contributed by atoms with Crippen molar-refractivity contribution < 1.29 is 14.3 Å². The quantitative estimate of drug-likeness (QED) is 0.443. The molecule has 5 nitrogen and oxygen atoms in total. The molecule has 0 bridgehead atoms. The topological polar surface area (TPSA) is 102 Å². The van der Waals surface area contributed by atoms with Crippen LogP contribution < -0.4 is 11.5 Å². The van der Waals surface area contributed by atoms with E-state index < -0.39 is 17.8 Å². The Hall–Kier alpha value is -1.43. The van der Waals surface area contributed by atoms with Crippen LogP contribution in [0, 0.1) is 0 Å². The van der Waals surface area contributed by atoms with Crippen molar-refractivity contribution in [1.82, 2.24) is 0 Å². The molecule has 0 fully saturated rings. The van der Waals surface area contributed by atoms with Crippen molar-refractivity contribution in [3.05, 3.63) is 11.9 Å². The molecule has 0 aromatic carbocycles. The second kappa shape index (κ2) is 6.94. The highest BCUT2D eigenvalue weighted by atomic mass is 19.1. The molecule has 0 heterocycles. The third kappa shape index (κ3) is 7.63. The highest BCUT2D eigenvalue weighted by Gasteiger charge is 2.09. The molecule has 0 rings (SSSR count). The molecule has 0 saturated carbocycles. The number of aliphatic carboxylic acids is 1. The van der Waals surface area contributed by atoms with E-state index in [1.54, 1.807) is 6.92 Å². The molecule has 0 aliphatic heterocycles. The lowest BCUT2D eigenvalue weighted by Gasteiger charge is -2.02. The molecule has 0 aromatic heterocycles. The van der Waals surface area contributed by atoms with Gasteiger partial charge in [0.05, 0.1) is 12.4 Å². The van der Waals surface area contributed by atoms with E-state index in [-0.39, 0.29) is 19.4 Å². The van der Waals surface area contributed by atoms with Crippen molar-refractivity contribution in [3.63, 3.8) is 0 Å². The van der Waals surface area contributed by atoms with Gasteiger partial charge in [0.2, 0.25) is 0 Å². The van der Waals surface area contributed by atoms with Gasteiger partial charge in [0.15, 0.2) is 0 Å². The minimum absolute atomic E-state index is 0.107. The van der Waals surface area contributed by atoms with E-state index in [1.807, 2.05) is 0 Å². The first kappa shape index (κ1) is 13.6. The maximum absolute atomic E-state index is 12.9. The number of carboxylic acid groups (broad SMARTS) is 1. The molecule has 0 radical (unpaired) electrons. The van der Waals surface area contributed by atoms with E-state index >= 15 is 0 Å². The summed E-state index contributed by atoms with van der Waals surface area (Å²) < 4.78 is 12.9. The molecule has 0 spiro atoms. The zero-order valence-corrected chi connectivity index (χ0v) is 8.61. The summed E-state index contributed by atoms with van der Waals surface area (Å²) in [6.45, 7) is 1.46. The molecule has 0 amide bonds. The average molecular weight is 217 g/mol. The Bertz CT molecular complexity index is 273. The summed E-state index contributed by atoms with van der Waals surface area (Å²) in [7, 11) is 0. The van der Waals surface area contributed by atoms with E-state index in [0.717, 1.165) is 0 Å². The van der Waals surface area contributed by atoms with Crippen LogP contribution in [-0.4, -0.2) is 29.5 Å². The second-order valence-corrected chi connectivity index (χ2v) is 3.13. The normalized spacial score (nSPS) is 15.1. The van der Waals surface area contributed by atoms with Gasteiger partial charge in [-0.3, -0.25) is 9.79 Å². The monoisotopic (exact) mass is 217 g/mol. The fraction of sp³-hybridized carbons (Fsp3) is 0.556. The van der Waals surface area contributed by atoms with Gasteiger partial charge in [-0.25, -0.2) is 4.39 Å². The van der Waals surface area contributed by atoms with Gasteiger partial charge >= 0.3 is 5.97 Å². The van der Waals surface area contributed by atoms with Crippen LogP contribution in [0.15, 0.2) is 16.9 Å². The summed E-state index contributed by atoms with van der Waals surface area (Å²) in [5.41, 5.74) is 10.4. The second-order valence-electron chi connectivity index (χ2n) is 3.13. The molecule has 0 aliphatic carbocycles. The van der Waals surface area contributed by atoms with E-state index in [1.165, 1.54) is 6.08 Å². The molecule has 5 N–H and O–H groups in total. The average Bonchev–Trinajstić information content (AvgIpc) is 2.14. The van der Waals surface area contributed by atoms with Gasteiger partial charge in [-0.2, -0.15) is 0 Å². The van der Waals surface area contributed by atoms with Crippen molar-refractivity contribution in [2.45, 2.75) is 25.8 Å². The number of carboxylic acids is 1. The smallest absolute Gasteiger partial charge is 0.320 e. The van der Waals surface area contributed by atoms with E-state index in [0.29, 0.717) is 5.84 Å². The van der Waals surface area contributed by atoms with Crippen molar-refractivity contribution in [2.75, 3.05) is 6.54 Å². The van der Waals surface area contributed by atoms with Crippen molar-refractivity contribution >= 4 is 11.8 Å². The molecular weight excluding hydrogens is 201 g/mol. The number of carbonyl (C=O) groups is 1. The van der Waals surface area contributed by atoms with Gasteiger partial charge in [0.1, 0.15) is 11.9 Å².